The molecule has 0 spiro atoms. The van der Waals surface area contributed by atoms with Crippen molar-refractivity contribution in [2.45, 2.75) is 18.9 Å². The molecule has 1 amide bonds. The molecular weight excluding hydrogens is 414 g/mol. The summed E-state index contributed by atoms with van der Waals surface area (Å²) in [6.45, 7) is 1.95. The summed E-state index contributed by atoms with van der Waals surface area (Å²) in [7, 11) is 2.09. The van der Waals surface area contributed by atoms with Crippen molar-refractivity contribution in [3.8, 4) is 18.1 Å². The number of nitrogens with one attached hydrogen (secondary N) is 1. The highest BCUT2D eigenvalue weighted by molar-refractivity contribution is 6.07. The first-order chi connectivity index (χ1) is 16.1. The predicted octanol–water partition coefficient (Wildman–Crippen LogP) is 3.73. The largest absolute Gasteiger partial charge is 0.489 e. The Labute approximate surface area is 193 Å². The van der Waals surface area contributed by atoms with Crippen LogP contribution in [0.4, 0.5) is 17.2 Å². The number of ether oxygens (including phenoxy) is 1. The zero-order valence-corrected chi connectivity index (χ0v) is 18.5. The monoisotopic (exact) mass is 439 g/mol. The Kier molecular flexibility index (Phi) is 5.68. The van der Waals surface area contributed by atoms with Crippen molar-refractivity contribution in [1.29, 1.82) is 0 Å². The molecule has 166 valence electrons. The molecule has 33 heavy (non-hydrogen) atoms. The number of amides is 1. The lowest BCUT2D eigenvalue weighted by molar-refractivity contribution is -0.114. The van der Waals surface area contributed by atoms with Crippen molar-refractivity contribution in [2.24, 2.45) is 0 Å². The third-order valence-corrected chi connectivity index (χ3v) is 6.18. The summed E-state index contributed by atoms with van der Waals surface area (Å²) < 4.78 is 6.06. The van der Waals surface area contributed by atoms with Crippen LogP contribution in [0.25, 0.3) is 10.9 Å². The topological polar surface area (TPSA) is 70.6 Å². The maximum absolute atomic E-state index is 13.1. The number of nitrogens with zero attached hydrogens (tertiary/aromatic N) is 4. The highest BCUT2D eigenvalue weighted by Crippen LogP contribution is 2.41. The van der Waals surface area contributed by atoms with Crippen molar-refractivity contribution in [1.82, 2.24) is 14.9 Å². The lowest BCUT2D eigenvalue weighted by Gasteiger charge is -2.30. The molecule has 1 atom stereocenters. The van der Waals surface area contributed by atoms with Crippen LogP contribution in [-0.2, 0) is 4.79 Å². The fraction of sp³-hybridized carbons (Fsp3) is 0.269. The molecule has 3 aromatic rings. The number of aromatic nitrogens is 2. The Bertz CT molecular complexity index is 1280. The van der Waals surface area contributed by atoms with Gasteiger partial charge in [-0.2, -0.15) is 0 Å². The maximum atomic E-state index is 13.1. The quantitative estimate of drug-likeness (QED) is 0.493. The van der Waals surface area contributed by atoms with Crippen LogP contribution in [0.3, 0.4) is 0 Å². The second kappa shape index (κ2) is 8.93. The zero-order chi connectivity index (χ0) is 22.8. The Morgan fingerprint density at radius 1 is 1.27 bits per heavy atom. The van der Waals surface area contributed by atoms with E-state index in [2.05, 4.69) is 33.2 Å². The molecule has 0 aliphatic carbocycles. The van der Waals surface area contributed by atoms with Gasteiger partial charge in [0.05, 0.1) is 23.1 Å². The van der Waals surface area contributed by atoms with Gasteiger partial charge in [0.1, 0.15) is 18.8 Å². The van der Waals surface area contributed by atoms with E-state index in [4.69, 9.17) is 11.2 Å². The summed E-state index contributed by atoms with van der Waals surface area (Å²) in [5.74, 6) is 3.80. The summed E-state index contributed by atoms with van der Waals surface area (Å²) in [4.78, 5) is 26.0. The first kappa shape index (κ1) is 21.0. The van der Waals surface area contributed by atoms with Gasteiger partial charge in [0.2, 0.25) is 0 Å². The maximum Gasteiger partial charge on any atom is 0.250 e. The minimum absolute atomic E-state index is 0.0488. The molecule has 0 saturated carbocycles. The Morgan fingerprint density at radius 2 is 2.18 bits per heavy atom. The van der Waals surface area contributed by atoms with Crippen LogP contribution in [-0.4, -0.2) is 53.6 Å². The summed E-state index contributed by atoms with van der Waals surface area (Å²) in [6, 6.07) is 11.7. The normalized spacial score (nSPS) is 18.2. The number of carbonyl (C=O) groups excluding carboxylic acids is 1. The van der Waals surface area contributed by atoms with Crippen LogP contribution in [0.5, 0.6) is 5.75 Å². The van der Waals surface area contributed by atoms with Crippen molar-refractivity contribution in [3.05, 3.63) is 60.4 Å². The average Bonchev–Trinajstić information content (AvgIpc) is 3.26. The second-order valence-electron chi connectivity index (χ2n) is 8.27. The van der Waals surface area contributed by atoms with Crippen molar-refractivity contribution in [3.63, 3.8) is 0 Å². The van der Waals surface area contributed by atoms with Crippen molar-refractivity contribution in [2.75, 3.05) is 37.0 Å². The number of likely N-dealkylation sites (N-methyl/N-ethyl adjacent to an activating group) is 1. The van der Waals surface area contributed by atoms with E-state index in [0.29, 0.717) is 30.8 Å². The van der Waals surface area contributed by atoms with E-state index >= 15 is 0 Å². The van der Waals surface area contributed by atoms with E-state index in [0.717, 1.165) is 47.2 Å². The van der Waals surface area contributed by atoms with Crippen LogP contribution < -0.4 is 15.0 Å². The molecule has 7 heteroatoms. The molecule has 2 aliphatic rings. The van der Waals surface area contributed by atoms with Gasteiger partial charge in [-0.3, -0.25) is 9.69 Å². The predicted molar refractivity (Wildman–Crippen MR) is 130 cm³/mol. The van der Waals surface area contributed by atoms with Crippen LogP contribution in [0, 0.1) is 12.3 Å². The SMILES string of the molecule is C#Cc1cccc(Nc2ncnc3ccc4c(c23)OCCN4C(=O)/C=C/[C@@H]2CCCN2C)c1. The molecule has 1 saturated heterocycles. The molecule has 0 radical (unpaired) electrons. The Hall–Kier alpha value is -3.89. The number of hydrogen-bond donors (Lipinski definition) is 1. The molecule has 0 bridgehead atoms. The molecular formula is C26H25N5O2. The van der Waals surface area contributed by atoms with E-state index in [1.807, 2.05) is 42.5 Å². The number of hydrogen-bond acceptors (Lipinski definition) is 6. The summed E-state index contributed by atoms with van der Waals surface area (Å²) >= 11 is 0. The first-order valence-corrected chi connectivity index (χ1v) is 11.1. The van der Waals surface area contributed by atoms with Gasteiger partial charge in [-0.15, -0.1) is 6.42 Å². The first-order valence-electron chi connectivity index (χ1n) is 11.1. The molecule has 2 aromatic carbocycles. The standard InChI is InChI=1S/C26H25N5O2/c1-3-18-6-4-7-19(16-18)29-26-24-21(27-17-28-26)10-11-22-25(24)33-15-14-31(22)23(32)12-9-20-8-5-13-30(20)2/h1,4,6-7,9-12,16-17,20H,5,8,13-15H2,2H3,(H,27,28,29)/b12-9+/t20-/m0/s1. The Morgan fingerprint density at radius 3 is 3.00 bits per heavy atom. The fourth-order valence-electron chi connectivity index (χ4n) is 4.44. The molecule has 3 heterocycles. The Balaban J connectivity index is 1.50. The average molecular weight is 440 g/mol. The third-order valence-electron chi connectivity index (χ3n) is 6.18. The van der Waals surface area contributed by atoms with Gasteiger partial charge >= 0.3 is 0 Å². The minimum atomic E-state index is -0.0488. The summed E-state index contributed by atoms with van der Waals surface area (Å²) in [5.41, 5.74) is 3.04. The van der Waals surface area contributed by atoms with E-state index in [-0.39, 0.29) is 5.91 Å². The minimum Gasteiger partial charge on any atom is -0.489 e. The number of likely N-dealkylation sites (tertiary alicyclic amines) is 1. The third kappa shape index (κ3) is 4.13. The number of anilines is 3. The fourth-order valence-corrected chi connectivity index (χ4v) is 4.44. The number of terminal acetylenes is 1. The van der Waals surface area contributed by atoms with Crippen LogP contribution in [0.1, 0.15) is 18.4 Å². The summed E-state index contributed by atoms with van der Waals surface area (Å²) in [6.07, 6.45) is 13.0. The molecule has 1 aromatic heterocycles. The zero-order valence-electron chi connectivity index (χ0n) is 18.5. The van der Waals surface area contributed by atoms with Gasteiger partial charge < -0.3 is 15.0 Å². The van der Waals surface area contributed by atoms with Gasteiger partial charge in [-0.1, -0.05) is 18.1 Å². The van der Waals surface area contributed by atoms with Gasteiger partial charge in [-0.25, -0.2) is 9.97 Å². The van der Waals surface area contributed by atoms with Crippen molar-refractivity contribution < 1.29 is 9.53 Å². The summed E-state index contributed by atoms with van der Waals surface area (Å²) in [5, 5.41) is 4.07. The van der Waals surface area contributed by atoms with E-state index in [1.54, 1.807) is 11.0 Å². The van der Waals surface area contributed by atoms with E-state index < -0.39 is 0 Å². The molecule has 2 aliphatic heterocycles. The van der Waals surface area contributed by atoms with E-state index in [9.17, 15) is 4.79 Å². The molecule has 1 N–H and O–H groups in total. The molecule has 1 fully saturated rings. The van der Waals surface area contributed by atoms with Gasteiger partial charge in [0, 0.05) is 23.4 Å². The lowest BCUT2D eigenvalue weighted by atomic mass is 10.1. The van der Waals surface area contributed by atoms with Crippen molar-refractivity contribution >= 4 is 34.0 Å². The number of carbonyl (C=O) groups is 1. The highest BCUT2D eigenvalue weighted by atomic mass is 16.5. The molecule has 5 rings (SSSR count). The number of rotatable bonds is 4. The number of benzene rings is 2. The highest BCUT2D eigenvalue weighted by Gasteiger charge is 2.27. The van der Waals surface area contributed by atoms with E-state index in [1.165, 1.54) is 6.33 Å². The molecule has 7 nitrogen and oxygen atoms in total. The van der Waals surface area contributed by atoms with Crippen LogP contribution in [0.2, 0.25) is 0 Å². The van der Waals surface area contributed by atoms with Crippen LogP contribution in [0.15, 0.2) is 54.9 Å². The van der Waals surface area contributed by atoms with Gasteiger partial charge in [-0.05, 0) is 56.8 Å². The van der Waals surface area contributed by atoms with Crippen LogP contribution >= 0.6 is 0 Å². The molecule has 0 unspecified atom stereocenters. The van der Waals surface area contributed by atoms with Gasteiger partial charge in [0.15, 0.2) is 5.75 Å². The van der Waals surface area contributed by atoms with Gasteiger partial charge in [0.25, 0.3) is 5.91 Å². The lowest BCUT2D eigenvalue weighted by Crippen LogP contribution is -2.37. The smallest absolute Gasteiger partial charge is 0.250 e. The number of fused-ring (bicyclic) bond motifs is 3. The second-order valence-corrected chi connectivity index (χ2v) is 8.27.